The number of hydrogen-bond donors (Lipinski definition) is 2. The van der Waals surface area contributed by atoms with Crippen molar-refractivity contribution in [2.24, 2.45) is 5.16 Å². The Morgan fingerprint density at radius 1 is 1.14 bits per heavy atom. The van der Waals surface area contributed by atoms with Crippen LogP contribution in [0, 0.1) is 5.82 Å². The highest BCUT2D eigenvalue weighted by atomic mass is 35.5. The average molecular weight is 495 g/mol. The topological polar surface area (TPSA) is 106 Å². The molecule has 0 unspecified atom stereocenters. The van der Waals surface area contributed by atoms with Gasteiger partial charge in [0, 0.05) is 11.1 Å². The van der Waals surface area contributed by atoms with Crippen LogP contribution in [0.4, 0.5) is 15.9 Å². The lowest BCUT2D eigenvalue weighted by molar-refractivity contribution is -0.142. The number of nitrogens with zero attached hydrogens (tertiary/aromatic N) is 3. The molecule has 1 heterocycles. The minimum atomic E-state index is -1.11. The van der Waals surface area contributed by atoms with Gasteiger partial charge in [0.25, 0.3) is 0 Å². The van der Waals surface area contributed by atoms with E-state index in [0.717, 1.165) is 10.9 Å². The lowest BCUT2D eigenvalue weighted by Gasteiger charge is -2.12. The minimum absolute atomic E-state index is 0.181. The van der Waals surface area contributed by atoms with Gasteiger partial charge in [0.1, 0.15) is 30.3 Å². The van der Waals surface area contributed by atoms with Gasteiger partial charge in [-0.15, -0.1) is 0 Å². The molecular weight excluding hydrogens is 475 g/mol. The van der Waals surface area contributed by atoms with E-state index in [1.807, 2.05) is 18.2 Å². The second-order valence-corrected chi connectivity index (χ2v) is 7.89. The Bertz CT molecular complexity index is 1410. The highest BCUT2D eigenvalue weighted by molar-refractivity contribution is 6.32. The minimum Gasteiger partial charge on any atom is -0.487 e. The maximum Gasteiger partial charge on any atom is 0.344 e. The maximum absolute atomic E-state index is 13.4. The molecule has 0 bridgehead atoms. The number of fused-ring (bicyclic) bond motifs is 1. The van der Waals surface area contributed by atoms with Gasteiger partial charge in [-0.1, -0.05) is 35.0 Å². The van der Waals surface area contributed by atoms with E-state index in [4.69, 9.17) is 26.3 Å². The number of benzene rings is 3. The van der Waals surface area contributed by atoms with E-state index >= 15 is 0 Å². The van der Waals surface area contributed by atoms with Crippen molar-refractivity contribution in [2.45, 2.75) is 13.5 Å². The second-order valence-electron chi connectivity index (χ2n) is 7.49. The molecule has 0 aliphatic heterocycles. The summed E-state index contributed by atoms with van der Waals surface area (Å²) in [5, 5.41) is 16.9. The molecule has 0 spiro atoms. The maximum atomic E-state index is 13.4. The van der Waals surface area contributed by atoms with Crippen LogP contribution in [0.25, 0.3) is 10.9 Å². The number of aliphatic carboxylic acids is 1. The molecule has 0 radical (unpaired) electrons. The van der Waals surface area contributed by atoms with Crippen LogP contribution >= 0.6 is 11.6 Å². The lowest BCUT2D eigenvalue weighted by Crippen LogP contribution is -2.05. The number of hydrogen-bond acceptors (Lipinski definition) is 7. The molecule has 0 atom stereocenters. The number of carbonyl (C=O) groups is 1. The number of anilines is 2. The van der Waals surface area contributed by atoms with Gasteiger partial charge in [0.2, 0.25) is 6.61 Å². The Balaban J connectivity index is 1.52. The zero-order chi connectivity index (χ0) is 24.8. The fourth-order valence-corrected chi connectivity index (χ4v) is 3.47. The largest absolute Gasteiger partial charge is 0.487 e. The van der Waals surface area contributed by atoms with E-state index in [1.54, 1.807) is 37.3 Å². The summed E-state index contributed by atoms with van der Waals surface area (Å²) in [6.07, 6.45) is 1.44. The third-order valence-electron chi connectivity index (χ3n) is 4.92. The molecule has 10 heteroatoms. The number of halogens is 2. The number of oxime groups is 1. The summed E-state index contributed by atoms with van der Waals surface area (Å²) in [5.41, 5.74) is 3.30. The van der Waals surface area contributed by atoms with Gasteiger partial charge in [-0.2, -0.15) is 0 Å². The molecule has 0 saturated carbocycles. The van der Waals surface area contributed by atoms with E-state index in [9.17, 15) is 9.18 Å². The molecule has 178 valence electrons. The van der Waals surface area contributed by atoms with Gasteiger partial charge < -0.3 is 20.0 Å². The average Bonchev–Trinajstić information content (AvgIpc) is 2.83. The molecule has 0 saturated heterocycles. The predicted molar refractivity (Wildman–Crippen MR) is 131 cm³/mol. The first-order valence-electron chi connectivity index (χ1n) is 10.5. The van der Waals surface area contributed by atoms with Crippen molar-refractivity contribution in [2.75, 3.05) is 11.9 Å². The number of rotatable bonds is 9. The van der Waals surface area contributed by atoms with E-state index in [2.05, 4.69) is 20.4 Å². The molecule has 0 amide bonds. The molecule has 8 nitrogen and oxygen atoms in total. The Morgan fingerprint density at radius 2 is 2.00 bits per heavy atom. The first-order valence-corrected chi connectivity index (χ1v) is 10.8. The number of ether oxygens (including phenoxy) is 1. The molecule has 2 N–H and O–H groups in total. The molecule has 1 aromatic heterocycles. The summed E-state index contributed by atoms with van der Waals surface area (Å²) in [7, 11) is 0. The monoisotopic (exact) mass is 494 g/mol. The van der Waals surface area contributed by atoms with Crippen molar-refractivity contribution < 1.29 is 23.9 Å². The van der Waals surface area contributed by atoms with Crippen LogP contribution < -0.4 is 10.1 Å². The van der Waals surface area contributed by atoms with Crippen molar-refractivity contribution in [1.82, 2.24) is 9.97 Å². The van der Waals surface area contributed by atoms with Crippen LogP contribution in [-0.2, 0) is 16.2 Å². The first-order chi connectivity index (χ1) is 16.9. The third kappa shape index (κ3) is 6.21. The van der Waals surface area contributed by atoms with Crippen molar-refractivity contribution in [1.29, 1.82) is 0 Å². The molecule has 4 rings (SSSR count). The van der Waals surface area contributed by atoms with Crippen molar-refractivity contribution in [3.63, 3.8) is 0 Å². The van der Waals surface area contributed by atoms with E-state index in [-0.39, 0.29) is 12.4 Å². The summed E-state index contributed by atoms with van der Waals surface area (Å²) in [6, 6.07) is 16.8. The Morgan fingerprint density at radius 3 is 2.77 bits per heavy atom. The van der Waals surface area contributed by atoms with Crippen molar-refractivity contribution in [3.05, 3.63) is 89.0 Å². The highest BCUT2D eigenvalue weighted by Crippen LogP contribution is 2.31. The van der Waals surface area contributed by atoms with Crippen molar-refractivity contribution >= 4 is 45.7 Å². The zero-order valence-corrected chi connectivity index (χ0v) is 19.3. The van der Waals surface area contributed by atoms with Crippen LogP contribution in [0.15, 0.2) is 72.1 Å². The molecule has 0 aliphatic rings. The molecule has 0 aliphatic carbocycles. The van der Waals surface area contributed by atoms with Gasteiger partial charge in [0.15, 0.2) is 0 Å². The smallest absolute Gasteiger partial charge is 0.344 e. The lowest BCUT2D eigenvalue weighted by atomic mass is 10.1. The predicted octanol–water partition coefficient (Wildman–Crippen LogP) is 5.57. The van der Waals surface area contributed by atoms with Gasteiger partial charge in [-0.3, -0.25) is 0 Å². The van der Waals surface area contributed by atoms with Gasteiger partial charge >= 0.3 is 5.97 Å². The highest BCUT2D eigenvalue weighted by Gasteiger charge is 2.10. The van der Waals surface area contributed by atoms with Crippen LogP contribution in [-0.4, -0.2) is 33.4 Å². The van der Waals surface area contributed by atoms with Gasteiger partial charge in [-0.25, -0.2) is 19.2 Å². The summed E-state index contributed by atoms with van der Waals surface area (Å²) in [6.45, 7) is 1.37. The van der Waals surface area contributed by atoms with Crippen LogP contribution in [0.3, 0.4) is 0 Å². The molecule has 0 fully saturated rings. The quantitative estimate of drug-likeness (QED) is 0.231. The molecular formula is C25H20ClFN4O4. The zero-order valence-electron chi connectivity index (χ0n) is 18.5. The number of carboxylic acids is 1. The summed E-state index contributed by atoms with van der Waals surface area (Å²) in [5.74, 6) is -0.430. The summed E-state index contributed by atoms with van der Waals surface area (Å²) >= 11 is 6.41. The Labute approximate surface area is 205 Å². The number of carboxylic acid groups (broad SMARTS) is 1. The van der Waals surface area contributed by atoms with Crippen LogP contribution in [0.5, 0.6) is 5.75 Å². The van der Waals surface area contributed by atoms with Crippen LogP contribution in [0.2, 0.25) is 5.02 Å². The standard InChI is InChI=1S/C25H20ClFN4O4/c1-15(31-35-13-24(32)33)17-5-7-22-20(10-17)25(29-14-28-22)30-19-6-8-23(21(26)11-19)34-12-16-3-2-4-18(27)9-16/h2-11,14H,12-13H2,1H3,(H,32,33)(H,28,29,30)/b31-15+. The molecule has 35 heavy (non-hydrogen) atoms. The Hall–Kier alpha value is -4.24. The van der Waals surface area contributed by atoms with Gasteiger partial charge in [0.05, 0.1) is 16.3 Å². The SMILES string of the molecule is C/C(=N\OCC(=O)O)c1ccc2ncnc(Nc3ccc(OCc4cccc(F)c4)c(Cl)c3)c2c1. The fraction of sp³-hybridized carbons (Fsp3) is 0.120. The van der Waals surface area contributed by atoms with E-state index < -0.39 is 12.6 Å². The van der Waals surface area contributed by atoms with Crippen molar-refractivity contribution in [3.8, 4) is 5.75 Å². The summed E-state index contributed by atoms with van der Waals surface area (Å²) < 4.78 is 19.1. The fourth-order valence-electron chi connectivity index (χ4n) is 3.24. The number of nitrogens with one attached hydrogen (secondary N) is 1. The molecule has 4 aromatic rings. The normalized spacial score (nSPS) is 11.3. The van der Waals surface area contributed by atoms with Crippen LogP contribution in [0.1, 0.15) is 18.1 Å². The first kappa shape index (κ1) is 23.9. The van der Waals surface area contributed by atoms with E-state index in [1.165, 1.54) is 18.5 Å². The second kappa shape index (κ2) is 10.8. The summed E-state index contributed by atoms with van der Waals surface area (Å²) in [4.78, 5) is 24.1. The van der Waals surface area contributed by atoms with E-state index in [0.29, 0.717) is 39.1 Å². The Kier molecular flexibility index (Phi) is 7.37. The van der Waals surface area contributed by atoms with Gasteiger partial charge in [-0.05, 0) is 60.5 Å². The number of aromatic nitrogens is 2. The molecule has 3 aromatic carbocycles. The third-order valence-corrected chi connectivity index (χ3v) is 5.22.